The summed E-state index contributed by atoms with van der Waals surface area (Å²) < 4.78 is 1.50. The molecule has 1 saturated carbocycles. The Morgan fingerprint density at radius 2 is 2.10 bits per heavy atom. The third-order valence-electron chi connectivity index (χ3n) is 4.57. The molecule has 1 aliphatic rings. The molecule has 0 aliphatic heterocycles. The highest BCUT2D eigenvalue weighted by Gasteiger charge is 2.24. The summed E-state index contributed by atoms with van der Waals surface area (Å²) in [5.41, 5.74) is 0.386. The zero-order valence-electron chi connectivity index (χ0n) is 12.8. The number of rotatable bonds is 3. The van der Waals surface area contributed by atoms with Gasteiger partial charge in [0.25, 0.3) is 0 Å². The molecule has 7 heteroatoms. The molecular weight excluding hydrogens is 268 g/mol. The summed E-state index contributed by atoms with van der Waals surface area (Å²) in [5, 5.41) is 9.86. The van der Waals surface area contributed by atoms with Gasteiger partial charge in [0.2, 0.25) is 0 Å². The van der Waals surface area contributed by atoms with Crippen molar-refractivity contribution in [3.63, 3.8) is 0 Å². The van der Waals surface area contributed by atoms with Crippen molar-refractivity contribution >= 4 is 11.5 Å². The SMILES string of the molecule is CNC1CCC(N(C)c2cc3n[nH]c(=O)n3c(C)n2)CC1. The lowest BCUT2D eigenvalue weighted by Crippen LogP contribution is -2.40. The molecule has 0 bridgehead atoms. The molecule has 114 valence electrons. The number of nitrogens with one attached hydrogen (secondary N) is 2. The molecule has 2 N–H and O–H groups in total. The van der Waals surface area contributed by atoms with Crippen LogP contribution in [0, 0.1) is 6.92 Å². The van der Waals surface area contributed by atoms with E-state index in [0.29, 0.717) is 23.6 Å². The molecule has 0 atom stereocenters. The van der Waals surface area contributed by atoms with E-state index in [1.54, 1.807) is 0 Å². The van der Waals surface area contributed by atoms with Gasteiger partial charge >= 0.3 is 5.69 Å². The molecule has 0 amide bonds. The number of H-pyrrole nitrogens is 1. The van der Waals surface area contributed by atoms with Gasteiger partial charge in [0.15, 0.2) is 5.65 Å². The van der Waals surface area contributed by atoms with Crippen LogP contribution in [0.25, 0.3) is 5.65 Å². The highest BCUT2D eigenvalue weighted by Crippen LogP contribution is 2.25. The van der Waals surface area contributed by atoms with Gasteiger partial charge in [-0.1, -0.05) is 0 Å². The largest absolute Gasteiger partial charge is 0.357 e. The second-order valence-electron chi connectivity index (χ2n) is 5.79. The van der Waals surface area contributed by atoms with Crippen LogP contribution >= 0.6 is 0 Å². The van der Waals surface area contributed by atoms with E-state index in [1.165, 1.54) is 17.2 Å². The van der Waals surface area contributed by atoms with E-state index >= 15 is 0 Å². The quantitative estimate of drug-likeness (QED) is 0.869. The van der Waals surface area contributed by atoms with Gasteiger partial charge in [-0.15, -0.1) is 0 Å². The first-order valence-corrected chi connectivity index (χ1v) is 7.45. The van der Waals surface area contributed by atoms with Crippen molar-refractivity contribution in [1.29, 1.82) is 0 Å². The van der Waals surface area contributed by atoms with Gasteiger partial charge in [-0.05, 0) is 39.7 Å². The fourth-order valence-electron chi connectivity index (χ4n) is 3.20. The molecule has 0 aromatic carbocycles. The van der Waals surface area contributed by atoms with E-state index in [9.17, 15) is 4.79 Å². The minimum atomic E-state index is -0.237. The monoisotopic (exact) mass is 290 g/mol. The molecule has 0 spiro atoms. The Kier molecular flexibility index (Phi) is 3.67. The Morgan fingerprint density at radius 3 is 2.76 bits per heavy atom. The maximum atomic E-state index is 11.6. The van der Waals surface area contributed by atoms with Gasteiger partial charge in [-0.25, -0.2) is 19.3 Å². The number of aryl methyl sites for hydroxylation is 1. The standard InChI is InChI=1S/C14H22N6O/c1-9-16-12(8-13-17-18-14(21)20(9)13)19(3)11-6-4-10(15-2)5-7-11/h8,10-11,15H,4-7H2,1-3H3,(H,18,21). The summed E-state index contributed by atoms with van der Waals surface area (Å²) in [5.74, 6) is 1.55. The van der Waals surface area contributed by atoms with Crippen LogP contribution in [0.3, 0.4) is 0 Å². The maximum Gasteiger partial charge on any atom is 0.349 e. The average Bonchev–Trinajstić information content (AvgIpc) is 2.88. The molecule has 21 heavy (non-hydrogen) atoms. The zero-order valence-corrected chi connectivity index (χ0v) is 12.8. The minimum absolute atomic E-state index is 0.237. The van der Waals surface area contributed by atoms with Gasteiger partial charge in [-0.3, -0.25) is 0 Å². The first-order valence-electron chi connectivity index (χ1n) is 7.45. The van der Waals surface area contributed by atoms with Crippen LogP contribution in [-0.2, 0) is 0 Å². The van der Waals surface area contributed by atoms with E-state index in [0.717, 1.165) is 18.7 Å². The van der Waals surface area contributed by atoms with Crippen LogP contribution in [0.1, 0.15) is 31.5 Å². The van der Waals surface area contributed by atoms with Crippen LogP contribution < -0.4 is 15.9 Å². The molecule has 2 aromatic heterocycles. The molecule has 0 radical (unpaired) electrons. The van der Waals surface area contributed by atoms with E-state index in [1.807, 2.05) is 20.0 Å². The molecule has 0 unspecified atom stereocenters. The summed E-state index contributed by atoms with van der Waals surface area (Å²) in [6, 6.07) is 3.00. The van der Waals surface area contributed by atoms with Crippen molar-refractivity contribution in [3.8, 4) is 0 Å². The van der Waals surface area contributed by atoms with Crippen molar-refractivity contribution < 1.29 is 0 Å². The fourth-order valence-corrected chi connectivity index (χ4v) is 3.20. The summed E-state index contributed by atoms with van der Waals surface area (Å²) in [6.45, 7) is 1.83. The molecule has 1 aliphatic carbocycles. The molecule has 2 aromatic rings. The van der Waals surface area contributed by atoms with Gasteiger partial charge in [0, 0.05) is 25.2 Å². The second-order valence-corrected chi connectivity index (χ2v) is 5.79. The predicted octanol–water partition coefficient (Wildman–Crippen LogP) is 0.693. The number of nitrogens with zero attached hydrogens (tertiary/aromatic N) is 4. The van der Waals surface area contributed by atoms with E-state index < -0.39 is 0 Å². The molecule has 0 saturated heterocycles. The lowest BCUT2D eigenvalue weighted by atomic mass is 9.90. The van der Waals surface area contributed by atoms with E-state index in [4.69, 9.17) is 0 Å². The van der Waals surface area contributed by atoms with Crippen molar-refractivity contribution in [2.45, 2.75) is 44.7 Å². The third-order valence-corrected chi connectivity index (χ3v) is 4.57. The van der Waals surface area contributed by atoms with Crippen LogP contribution in [0.15, 0.2) is 10.9 Å². The highest BCUT2D eigenvalue weighted by atomic mass is 16.1. The topological polar surface area (TPSA) is 78.3 Å². The first kappa shape index (κ1) is 14.1. The molecule has 7 nitrogen and oxygen atoms in total. The summed E-state index contributed by atoms with van der Waals surface area (Å²) in [4.78, 5) is 18.4. The Hall–Kier alpha value is -1.89. The fraction of sp³-hybridized carbons (Fsp3) is 0.643. The lowest BCUT2D eigenvalue weighted by Gasteiger charge is -2.35. The first-order chi connectivity index (χ1) is 10.1. The molecule has 3 rings (SSSR count). The second kappa shape index (κ2) is 5.48. The summed E-state index contributed by atoms with van der Waals surface area (Å²) in [7, 11) is 4.11. The van der Waals surface area contributed by atoms with Gasteiger partial charge in [0.05, 0.1) is 0 Å². The Balaban J connectivity index is 1.85. The summed E-state index contributed by atoms with van der Waals surface area (Å²) in [6.07, 6.45) is 4.69. The van der Waals surface area contributed by atoms with E-state index in [2.05, 4.69) is 32.4 Å². The van der Waals surface area contributed by atoms with Gasteiger partial charge < -0.3 is 10.2 Å². The number of hydrogen-bond acceptors (Lipinski definition) is 5. The number of anilines is 1. The smallest absolute Gasteiger partial charge is 0.349 e. The van der Waals surface area contributed by atoms with Crippen LogP contribution in [0.5, 0.6) is 0 Å². The Morgan fingerprint density at radius 1 is 1.38 bits per heavy atom. The Bertz CT molecular complexity index is 682. The highest BCUT2D eigenvalue weighted by molar-refractivity contribution is 5.51. The zero-order chi connectivity index (χ0) is 15.0. The molecular formula is C14H22N6O. The van der Waals surface area contributed by atoms with Crippen LogP contribution in [-0.4, -0.2) is 45.8 Å². The number of aromatic amines is 1. The van der Waals surface area contributed by atoms with Crippen molar-refractivity contribution in [1.82, 2.24) is 24.9 Å². The van der Waals surface area contributed by atoms with Gasteiger partial charge in [0.1, 0.15) is 11.6 Å². The average molecular weight is 290 g/mol. The van der Waals surface area contributed by atoms with Crippen molar-refractivity contribution in [3.05, 3.63) is 22.4 Å². The van der Waals surface area contributed by atoms with E-state index in [-0.39, 0.29) is 5.69 Å². The number of fused-ring (bicyclic) bond motifs is 1. The lowest BCUT2D eigenvalue weighted by molar-refractivity contribution is 0.350. The maximum absolute atomic E-state index is 11.6. The normalized spacial score (nSPS) is 22.6. The predicted molar refractivity (Wildman–Crippen MR) is 81.9 cm³/mol. The number of aromatic nitrogens is 4. The van der Waals surface area contributed by atoms with Gasteiger partial charge in [-0.2, -0.15) is 5.10 Å². The van der Waals surface area contributed by atoms with Crippen molar-refractivity contribution in [2.75, 3.05) is 19.0 Å². The Labute approximate surface area is 123 Å². The summed E-state index contributed by atoms with van der Waals surface area (Å²) >= 11 is 0. The third kappa shape index (κ3) is 2.53. The van der Waals surface area contributed by atoms with Crippen molar-refractivity contribution in [2.24, 2.45) is 0 Å². The number of hydrogen-bond donors (Lipinski definition) is 2. The van der Waals surface area contributed by atoms with Crippen LogP contribution in [0.2, 0.25) is 0 Å². The minimum Gasteiger partial charge on any atom is -0.357 e. The van der Waals surface area contributed by atoms with Crippen LogP contribution in [0.4, 0.5) is 5.82 Å². The molecule has 2 heterocycles. The molecule has 1 fully saturated rings.